The van der Waals surface area contributed by atoms with Gasteiger partial charge in [0.05, 0.1) is 0 Å². The van der Waals surface area contributed by atoms with Gasteiger partial charge in [0.15, 0.2) is 5.82 Å². The molecule has 1 atom stereocenters. The molecule has 0 unspecified atom stereocenters. The Morgan fingerprint density at radius 2 is 1.96 bits per heavy atom. The first kappa shape index (κ1) is 17.9. The average molecular weight is 372 g/mol. The summed E-state index contributed by atoms with van der Waals surface area (Å²) >= 11 is 0. The number of likely N-dealkylation sites (tertiary alicyclic amines) is 1. The van der Waals surface area contributed by atoms with Crippen molar-refractivity contribution < 1.29 is 13.7 Å². The van der Waals surface area contributed by atoms with Crippen LogP contribution in [-0.4, -0.2) is 34.2 Å². The van der Waals surface area contributed by atoms with Crippen LogP contribution in [0.2, 0.25) is 0 Å². The molecule has 2 aliphatic rings. The number of piperidine rings is 1. The Hall–Kier alpha value is -2.44. The van der Waals surface area contributed by atoms with Gasteiger partial charge in [0, 0.05) is 19.0 Å². The second kappa shape index (κ2) is 7.66. The number of rotatable bonds is 5. The molecule has 0 bridgehead atoms. The number of halogens is 1. The molecule has 0 radical (unpaired) electrons. The number of benzene rings is 1. The van der Waals surface area contributed by atoms with Crippen LogP contribution in [0.15, 0.2) is 28.8 Å². The van der Waals surface area contributed by atoms with Crippen molar-refractivity contribution in [3.05, 3.63) is 47.4 Å². The van der Waals surface area contributed by atoms with E-state index < -0.39 is 0 Å². The number of carbonyl (C=O) groups is 1. The number of urea groups is 1. The van der Waals surface area contributed by atoms with Crippen molar-refractivity contribution in [3.63, 3.8) is 0 Å². The van der Waals surface area contributed by atoms with E-state index in [1.54, 1.807) is 0 Å². The van der Waals surface area contributed by atoms with E-state index in [2.05, 4.69) is 15.5 Å². The number of carbonyl (C=O) groups excluding carboxylic acids is 1. The van der Waals surface area contributed by atoms with Crippen LogP contribution in [-0.2, 0) is 6.42 Å². The van der Waals surface area contributed by atoms with Crippen LogP contribution >= 0.6 is 0 Å². The quantitative estimate of drug-likeness (QED) is 0.866. The Morgan fingerprint density at radius 1 is 1.26 bits per heavy atom. The normalized spacial score (nSPS) is 19.1. The minimum atomic E-state index is -0.297. The summed E-state index contributed by atoms with van der Waals surface area (Å²) in [7, 11) is 0. The van der Waals surface area contributed by atoms with Crippen molar-refractivity contribution in [2.75, 3.05) is 13.1 Å². The molecule has 2 aromatic rings. The first-order valence-electron chi connectivity index (χ1n) is 9.72. The minimum absolute atomic E-state index is 0.0890. The zero-order valence-corrected chi connectivity index (χ0v) is 15.5. The van der Waals surface area contributed by atoms with Crippen molar-refractivity contribution in [2.45, 2.75) is 51.0 Å². The molecule has 1 saturated carbocycles. The molecule has 144 valence electrons. The first-order valence-corrected chi connectivity index (χ1v) is 9.72. The molecule has 7 heteroatoms. The summed E-state index contributed by atoms with van der Waals surface area (Å²) in [4.78, 5) is 18.8. The van der Waals surface area contributed by atoms with Crippen LogP contribution in [0, 0.1) is 11.7 Å². The van der Waals surface area contributed by atoms with Crippen LogP contribution in [0.1, 0.15) is 61.8 Å². The van der Waals surface area contributed by atoms with E-state index in [1.165, 1.54) is 12.1 Å². The highest BCUT2D eigenvalue weighted by Crippen LogP contribution is 2.38. The molecule has 1 aromatic carbocycles. The van der Waals surface area contributed by atoms with Gasteiger partial charge in [-0.3, -0.25) is 0 Å². The fourth-order valence-corrected chi connectivity index (χ4v) is 3.56. The Kier molecular flexibility index (Phi) is 5.09. The highest BCUT2D eigenvalue weighted by molar-refractivity contribution is 5.74. The molecule has 27 heavy (non-hydrogen) atoms. The van der Waals surface area contributed by atoms with Crippen LogP contribution < -0.4 is 5.32 Å². The van der Waals surface area contributed by atoms with Gasteiger partial charge in [-0.05, 0) is 62.6 Å². The van der Waals surface area contributed by atoms with Crippen LogP contribution in [0.4, 0.5) is 9.18 Å². The summed E-state index contributed by atoms with van der Waals surface area (Å²) in [6.07, 6.45) is 5.06. The van der Waals surface area contributed by atoms with Gasteiger partial charge in [0.2, 0.25) is 5.89 Å². The van der Waals surface area contributed by atoms with Crippen LogP contribution in [0.25, 0.3) is 0 Å². The van der Waals surface area contributed by atoms with E-state index in [1.807, 2.05) is 24.0 Å². The van der Waals surface area contributed by atoms with Gasteiger partial charge in [0.25, 0.3) is 0 Å². The smallest absolute Gasteiger partial charge is 0.318 e. The van der Waals surface area contributed by atoms with Crippen molar-refractivity contribution in [3.8, 4) is 0 Å². The maximum atomic E-state index is 13.0. The van der Waals surface area contributed by atoms with Crippen molar-refractivity contribution in [1.29, 1.82) is 0 Å². The second-order valence-electron chi connectivity index (χ2n) is 7.70. The van der Waals surface area contributed by atoms with E-state index in [4.69, 9.17) is 4.52 Å². The van der Waals surface area contributed by atoms with E-state index in [-0.39, 0.29) is 17.9 Å². The number of hydrogen-bond donors (Lipinski definition) is 1. The lowest BCUT2D eigenvalue weighted by Gasteiger charge is -2.32. The lowest BCUT2D eigenvalue weighted by molar-refractivity contribution is 0.165. The van der Waals surface area contributed by atoms with Gasteiger partial charge < -0.3 is 14.7 Å². The zero-order valence-electron chi connectivity index (χ0n) is 15.5. The molecule has 1 aliphatic heterocycles. The molecule has 4 rings (SSSR count). The summed E-state index contributed by atoms with van der Waals surface area (Å²) in [5.41, 5.74) is 1.15. The van der Waals surface area contributed by atoms with Crippen LogP contribution in [0.3, 0.4) is 0 Å². The SMILES string of the molecule is C[C@H](NC(=O)N1CCC(Cc2ccc(F)cc2)CC1)c1nc(C2CC2)no1. The fourth-order valence-electron chi connectivity index (χ4n) is 3.56. The summed E-state index contributed by atoms with van der Waals surface area (Å²) in [5.74, 6) is 1.98. The summed E-state index contributed by atoms with van der Waals surface area (Å²) < 4.78 is 18.3. The molecule has 1 N–H and O–H groups in total. The molecule has 2 heterocycles. The van der Waals surface area contributed by atoms with Crippen molar-refractivity contribution in [2.24, 2.45) is 5.92 Å². The minimum Gasteiger partial charge on any atom is -0.337 e. The van der Waals surface area contributed by atoms with Gasteiger partial charge in [-0.1, -0.05) is 17.3 Å². The Morgan fingerprint density at radius 3 is 2.63 bits per heavy atom. The maximum absolute atomic E-state index is 13.0. The Balaban J connectivity index is 1.24. The van der Waals surface area contributed by atoms with E-state index in [0.29, 0.717) is 17.7 Å². The molecular formula is C20H25FN4O2. The molecule has 6 nitrogen and oxygen atoms in total. The highest BCUT2D eigenvalue weighted by atomic mass is 19.1. The molecule has 2 fully saturated rings. The van der Waals surface area contributed by atoms with Crippen LogP contribution in [0.5, 0.6) is 0 Å². The standard InChI is InChI=1S/C20H25FN4O2/c1-13(19-23-18(24-27-19)16-4-5-16)22-20(26)25-10-8-15(9-11-25)12-14-2-6-17(21)7-3-14/h2-3,6-7,13,15-16H,4-5,8-12H2,1H3,(H,22,26)/t13-/m0/s1. The van der Waals surface area contributed by atoms with Gasteiger partial charge in [-0.2, -0.15) is 4.98 Å². The van der Waals surface area contributed by atoms with Gasteiger partial charge in [0.1, 0.15) is 11.9 Å². The van der Waals surface area contributed by atoms with Gasteiger partial charge in [-0.15, -0.1) is 0 Å². The summed E-state index contributed by atoms with van der Waals surface area (Å²) in [6.45, 7) is 3.31. The number of nitrogens with zero attached hydrogens (tertiary/aromatic N) is 3. The Labute approximate surface area is 158 Å². The van der Waals surface area contributed by atoms with E-state index in [0.717, 1.165) is 56.6 Å². The number of hydrogen-bond acceptors (Lipinski definition) is 4. The topological polar surface area (TPSA) is 71.3 Å². The number of aromatic nitrogens is 2. The lowest BCUT2D eigenvalue weighted by atomic mass is 9.90. The van der Waals surface area contributed by atoms with E-state index in [9.17, 15) is 9.18 Å². The predicted octanol–water partition coefficient (Wildman–Crippen LogP) is 3.81. The summed E-state index contributed by atoms with van der Waals surface area (Å²) in [5, 5.41) is 6.96. The molecule has 2 amide bonds. The first-order chi connectivity index (χ1) is 13.1. The average Bonchev–Trinajstić information content (AvgIpc) is 3.40. The third kappa shape index (κ3) is 4.46. The molecular weight excluding hydrogens is 347 g/mol. The number of amides is 2. The summed E-state index contributed by atoms with van der Waals surface area (Å²) in [6, 6.07) is 6.31. The molecule has 1 saturated heterocycles. The monoisotopic (exact) mass is 372 g/mol. The largest absolute Gasteiger partial charge is 0.337 e. The van der Waals surface area contributed by atoms with E-state index >= 15 is 0 Å². The predicted molar refractivity (Wildman–Crippen MR) is 97.6 cm³/mol. The second-order valence-corrected chi connectivity index (χ2v) is 7.70. The molecule has 1 aromatic heterocycles. The Bertz CT molecular complexity index is 780. The third-order valence-electron chi connectivity index (χ3n) is 5.45. The third-order valence-corrected chi connectivity index (χ3v) is 5.45. The molecule has 0 spiro atoms. The van der Waals surface area contributed by atoms with Gasteiger partial charge in [-0.25, -0.2) is 9.18 Å². The van der Waals surface area contributed by atoms with Crippen molar-refractivity contribution in [1.82, 2.24) is 20.4 Å². The fraction of sp³-hybridized carbons (Fsp3) is 0.550. The maximum Gasteiger partial charge on any atom is 0.318 e. The zero-order chi connectivity index (χ0) is 18.8. The highest BCUT2D eigenvalue weighted by Gasteiger charge is 2.30. The van der Waals surface area contributed by atoms with Crippen molar-refractivity contribution >= 4 is 6.03 Å². The lowest BCUT2D eigenvalue weighted by Crippen LogP contribution is -2.45. The molecule has 1 aliphatic carbocycles. The van der Waals surface area contributed by atoms with Gasteiger partial charge >= 0.3 is 6.03 Å². The number of nitrogens with one attached hydrogen (secondary N) is 1.